The number of allylic oxidation sites excluding steroid dienone is 7. The van der Waals surface area contributed by atoms with E-state index in [4.69, 9.17) is 14.8 Å². The molecule has 0 rings (SSSR count). The summed E-state index contributed by atoms with van der Waals surface area (Å²) >= 11 is 0. The molecule has 0 saturated carbocycles. The molecule has 0 aromatic carbocycles. The normalized spacial score (nSPS) is 14.9. The summed E-state index contributed by atoms with van der Waals surface area (Å²) in [5.41, 5.74) is 5.34. The first-order valence-corrected chi connectivity index (χ1v) is 20.3. The molecule has 0 aromatic heterocycles. The van der Waals surface area contributed by atoms with Crippen LogP contribution in [0, 0.1) is 0 Å². The molecule has 9 heteroatoms. The molecule has 3 unspecified atom stereocenters. The van der Waals surface area contributed by atoms with Gasteiger partial charge < -0.3 is 21.1 Å². The lowest BCUT2D eigenvalue weighted by Gasteiger charge is -2.23. The lowest BCUT2D eigenvalue weighted by atomic mass is 10.1. The van der Waals surface area contributed by atoms with Crippen LogP contribution in [-0.2, 0) is 18.4 Å². The van der Waals surface area contributed by atoms with Crippen molar-refractivity contribution in [2.45, 2.75) is 167 Å². The predicted molar refractivity (Wildman–Crippen MR) is 198 cm³/mol. The van der Waals surface area contributed by atoms with Crippen molar-refractivity contribution < 1.29 is 28.4 Å². The van der Waals surface area contributed by atoms with Gasteiger partial charge in [0.15, 0.2) is 0 Å². The van der Waals surface area contributed by atoms with Crippen LogP contribution in [-0.4, -0.2) is 47.8 Å². The average molecular weight is 683 g/mol. The van der Waals surface area contributed by atoms with E-state index in [1.54, 1.807) is 6.08 Å². The van der Waals surface area contributed by atoms with E-state index in [1.165, 1.54) is 83.5 Å². The van der Waals surface area contributed by atoms with Gasteiger partial charge in [-0.3, -0.25) is 13.8 Å². The van der Waals surface area contributed by atoms with Crippen LogP contribution in [0.4, 0.5) is 0 Å². The average Bonchev–Trinajstić information content (AvgIpc) is 3.05. The van der Waals surface area contributed by atoms with Crippen LogP contribution in [0.15, 0.2) is 48.6 Å². The van der Waals surface area contributed by atoms with Crippen LogP contribution < -0.4 is 11.1 Å². The lowest BCUT2D eigenvalue weighted by molar-refractivity contribution is -0.123. The monoisotopic (exact) mass is 683 g/mol. The fourth-order valence-corrected chi connectivity index (χ4v) is 5.75. The number of rotatable bonds is 34. The maximum Gasteiger partial charge on any atom is 0.472 e. The van der Waals surface area contributed by atoms with Crippen LogP contribution in [0.25, 0.3) is 0 Å². The Morgan fingerprint density at radius 2 is 1.17 bits per heavy atom. The first-order chi connectivity index (χ1) is 22.9. The molecule has 5 N–H and O–H groups in total. The molecule has 3 atom stereocenters. The number of carbonyl (C=O) groups excluding carboxylic acids is 1. The Bertz CT molecular complexity index is 876. The summed E-state index contributed by atoms with van der Waals surface area (Å²) in [5, 5.41) is 13.5. The molecule has 0 aliphatic rings. The van der Waals surface area contributed by atoms with Crippen LogP contribution in [0.3, 0.4) is 0 Å². The Kier molecular flexibility index (Phi) is 33.2. The molecular formula is C38H71N2O6P. The molecule has 274 valence electrons. The van der Waals surface area contributed by atoms with Gasteiger partial charge in [-0.05, 0) is 64.2 Å². The number of phosphoric acid groups is 1. The largest absolute Gasteiger partial charge is 0.472 e. The Balaban J connectivity index is 4.33. The third-order valence-corrected chi connectivity index (χ3v) is 8.82. The summed E-state index contributed by atoms with van der Waals surface area (Å²) in [6, 6.07) is -0.883. The molecule has 8 nitrogen and oxygen atoms in total. The number of aliphatic hydroxyl groups excluding tert-OH is 1. The minimum Gasteiger partial charge on any atom is -0.387 e. The molecule has 0 aliphatic heterocycles. The minimum absolute atomic E-state index is 0.0696. The van der Waals surface area contributed by atoms with E-state index >= 15 is 0 Å². The van der Waals surface area contributed by atoms with E-state index in [0.717, 1.165) is 51.4 Å². The van der Waals surface area contributed by atoms with Gasteiger partial charge in [-0.2, -0.15) is 0 Å². The smallest absolute Gasteiger partial charge is 0.387 e. The van der Waals surface area contributed by atoms with E-state index in [9.17, 15) is 19.4 Å². The van der Waals surface area contributed by atoms with Crippen LogP contribution in [0.1, 0.15) is 155 Å². The van der Waals surface area contributed by atoms with Gasteiger partial charge in [-0.1, -0.05) is 133 Å². The van der Waals surface area contributed by atoms with E-state index in [0.29, 0.717) is 6.42 Å². The molecule has 0 aliphatic carbocycles. The second-order valence-electron chi connectivity index (χ2n) is 12.4. The van der Waals surface area contributed by atoms with Gasteiger partial charge >= 0.3 is 7.82 Å². The number of nitrogens with one attached hydrogen (secondary N) is 1. The zero-order valence-corrected chi connectivity index (χ0v) is 30.9. The molecule has 0 radical (unpaired) electrons. The maximum absolute atomic E-state index is 12.7. The summed E-state index contributed by atoms with van der Waals surface area (Å²) in [6.07, 6.45) is 40.2. The van der Waals surface area contributed by atoms with Gasteiger partial charge in [0.1, 0.15) is 0 Å². The molecule has 0 bridgehead atoms. The van der Waals surface area contributed by atoms with Gasteiger partial charge in [0.2, 0.25) is 5.91 Å². The third kappa shape index (κ3) is 32.8. The van der Waals surface area contributed by atoms with Crippen molar-refractivity contribution in [1.29, 1.82) is 0 Å². The molecule has 0 saturated heterocycles. The summed E-state index contributed by atoms with van der Waals surface area (Å²) < 4.78 is 22.0. The summed E-state index contributed by atoms with van der Waals surface area (Å²) in [6.45, 7) is 4.00. The summed E-state index contributed by atoms with van der Waals surface area (Å²) in [4.78, 5) is 22.6. The topological polar surface area (TPSA) is 131 Å². The maximum atomic E-state index is 12.7. The van der Waals surface area contributed by atoms with Crippen molar-refractivity contribution in [3.05, 3.63) is 48.6 Å². The minimum atomic E-state index is -4.34. The number of hydrogen-bond donors (Lipinski definition) is 4. The van der Waals surface area contributed by atoms with Gasteiger partial charge in [-0.15, -0.1) is 0 Å². The molecular weight excluding hydrogens is 611 g/mol. The predicted octanol–water partition coefficient (Wildman–Crippen LogP) is 9.77. The number of aliphatic hydroxyl groups is 1. The highest BCUT2D eigenvalue weighted by Gasteiger charge is 2.26. The highest BCUT2D eigenvalue weighted by Crippen LogP contribution is 2.43. The second kappa shape index (κ2) is 34.3. The molecule has 47 heavy (non-hydrogen) atoms. The zero-order chi connectivity index (χ0) is 34.7. The standard InChI is InChI=1S/C38H71N2O6P/c1-3-5-7-9-11-13-15-16-17-18-19-20-22-24-26-28-30-32-38(42)40-36(35-46-47(43,44)45-34-33-39)37(41)31-29-27-25-23-21-14-12-10-8-6-4-2/h8,10,16-17,21,23,29,31,36-37,41H,3-7,9,11-15,18-20,22,24-28,30,32-35,39H2,1-2H3,(H,40,42)(H,43,44)/b10-8+,17-16-,23-21+,31-29+. The van der Waals surface area contributed by atoms with Crippen LogP contribution >= 0.6 is 7.82 Å². The highest BCUT2D eigenvalue weighted by molar-refractivity contribution is 7.47. The van der Waals surface area contributed by atoms with Crippen LogP contribution in [0.5, 0.6) is 0 Å². The Morgan fingerprint density at radius 3 is 1.72 bits per heavy atom. The van der Waals surface area contributed by atoms with E-state index < -0.39 is 20.0 Å². The van der Waals surface area contributed by atoms with Gasteiger partial charge in [-0.25, -0.2) is 4.57 Å². The van der Waals surface area contributed by atoms with E-state index in [-0.39, 0.29) is 25.7 Å². The summed E-state index contributed by atoms with van der Waals surface area (Å²) in [5.74, 6) is -0.217. The third-order valence-electron chi connectivity index (χ3n) is 7.84. The number of unbranched alkanes of at least 4 members (excludes halogenated alkanes) is 16. The van der Waals surface area contributed by atoms with Crippen molar-refractivity contribution in [2.75, 3.05) is 19.8 Å². The van der Waals surface area contributed by atoms with Crippen molar-refractivity contribution in [3.8, 4) is 0 Å². The van der Waals surface area contributed by atoms with Crippen molar-refractivity contribution in [1.82, 2.24) is 5.32 Å². The number of carbonyl (C=O) groups is 1. The molecule has 0 spiro atoms. The van der Waals surface area contributed by atoms with Crippen molar-refractivity contribution in [2.24, 2.45) is 5.73 Å². The Hall–Kier alpha value is -1.54. The van der Waals surface area contributed by atoms with E-state index in [2.05, 4.69) is 55.6 Å². The quantitative estimate of drug-likeness (QED) is 0.0302. The number of amides is 1. The Labute approximate surface area is 288 Å². The lowest BCUT2D eigenvalue weighted by Crippen LogP contribution is -2.45. The molecule has 1 amide bonds. The number of nitrogens with two attached hydrogens (primary N) is 1. The van der Waals surface area contributed by atoms with Gasteiger partial charge in [0, 0.05) is 13.0 Å². The first-order valence-electron chi connectivity index (χ1n) is 18.8. The highest BCUT2D eigenvalue weighted by atomic mass is 31.2. The van der Waals surface area contributed by atoms with Crippen molar-refractivity contribution in [3.63, 3.8) is 0 Å². The number of hydrogen-bond acceptors (Lipinski definition) is 6. The molecule has 0 heterocycles. The fourth-order valence-electron chi connectivity index (χ4n) is 4.99. The van der Waals surface area contributed by atoms with Crippen molar-refractivity contribution >= 4 is 13.7 Å². The zero-order valence-electron chi connectivity index (χ0n) is 30.0. The van der Waals surface area contributed by atoms with Gasteiger partial charge in [0.25, 0.3) is 0 Å². The first kappa shape index (κ1) is 45.5. The summed E-state index contributed by atoms with van der Waals surface area (Å²) in [7, 11) is -4.34. The Morgan fingerprint density at radius 1 is 0.681 bits per heavy atom. The van der Waals surface area contributed by atoms with Crippen LogP contribution in [0.2, 0.25) is 0 Å². The second-order valence-corrected chi connectivity index (χ2v) is 13.9. The fraction of sp³-hybridized carbons (Fsp3) is 0.763. The number of phosphoric ester groups is 1. The SMILES string of the molecule is CCC/C=C/CC/C=C/CC/C=C/C(O)C(COP(=O)(O)OCCN)NC(=O)CCCCCCCCC/C=C\CCCCCCCC. The van der Waals surface area contributed by atoms with E-state index in [1.807, 2.05) is 6.08 Å². The molecule has 0 aromatic rings. The van der Waals surface area contributed by atoms with Gasteiger partial charge in [0.05, 0.1) is 25.4 Å². The molecule has 0 fully saturated rings.